The van der Waals surface area contributed by atoms with Crippen molar-refractivity contribution >= 4 is 22.4 Å². The van der Waals surface area contributed by atoms with E-state index in [1.807, 2.05) is 12.3 Å². The van der Waals surface area contributed by atoms with Crippen molar-refractivity contribution in [3.63, 3.8) is 0 Å². The van der Waals surface area contributed by atoms with Crippen LogP contribution in [0.15, 0.2) is 29.9 Å². The number of aromatic nitrogens is 2. The fourth-order valence-corrected chi connectivity index (χ4v) is 3.26. The number of hydrogen-bond acceptors (Lipinski definition) is 6. The van der Waals surface area contributed by atoms with Crippen LogP contribution < -0.4 is 11.1 Å². The van der Waals surface area contributed by atoms with Gasteiger partial charge in [-0.1, -0.05) is 6.07 Å². The van der Waals surface area contributed by atoms with Gasteiger partial charge >= 0.3 is 0 Å². The Morgan fingerprint density at radius 1 is 1.55 bits per heavy atom. The van der Waals surface area contributed by atoms with Crippen LogP contribution in [0, 0.1) is 0 Å². The molecule has 1 aliphatic heterocycles. The fourth-order valence-electron chi connectivity index (χ4n) is 2.72. The summed E-state index contributed by atoms with van der Waals surface area (Å²) in [6.07, 6.45) is 5.74. The zero-order valence-electron chi connectivity index (χ0n) is 12.2. The van der Waals surface area contributed by atoms with Gasteiger partial charge in [-0.25, -0.2) is 4.98 Å². The normalized spacial score (nSPS) is 19.0. The van der Waals surface area contributed by atoms with Crippen LogP contribution in [-0.4, -0.2) is 39.9 Å². The van der Waals surface area contributed by atoms with Crippen LogP contribution in [-0.2, 0) is 6.54 Å². The van der Waals surface area contributed by atoms with Crippen molar-refractivity contribution in [1.29, 1.82) is 0 Å². The molecule has 0 aromatic carbocycles. The van der Waals surface area contributed by atoms with E-state index in [9.17, 15) is 4.79 Å². The minimum atomic E-state index is -0.138. The predicted molar refractivity (Wildman–Crippen MR) is 86.5 cm³/mol. The molecular weight excluding hydrogens is 298 g/mol. The number of carbonyl (C=O) groups is 1. The smallest absolute Gasteiger partial charge is 0.271 e. The molecule has 3 rings (SSSR count). The van der Waals surface area contributed by atoms with Gasteiger partial charge in [0.2, 0.25) is 0 Å². The lowest BCUT2D eigenvalue weighted by molar-refractivity contribution is 0.0896. The van der Waals surface area contributed by atoms with Crippen LogP contribution in [0.3, 0.4) is 0 Å². The van der Waals surface area contributed by atoms with Crippen molar-refractivity contribution in [1.82, 2.24) is 20.2 Å². The molecule has 0 radical (unpaired) electrons. The van der Waals surface area contributed by atoms with Gasteiger partial charge in [0.1, 0.15) is 5.69 Å². The van der Waals surface area contributed by atoms with Gasteiger partial charge in [-0.15, -0.1) is 11.3 Å². The second-order valence-electron chi connectivity index (χ2n) is 5.48. The molecule has 116 valence electrons. The summed E-state index contributed by atoms with van der Waals surface area (Å²) in [7, 11) is 0. The molecule has 0 aliphatic carbocycles. The number of hydrogen-bond donors (Lipinski definition) is 2. The minimum Gasteiger partial charge on any atom is -0.375 e. The third-order valence-electron chi connectivity index (χ3n) is 3.72. The van der Waals surface area contributed by atoms with Gasteiger partial charge in [0, 0.05) is 36.9 Å². The van der Waals surface area contributed by atoms with E-state index >= 15 is 0 Å². The van der Waals surface area contributed by atoms with Crippen molar-refractivity contribution in [3.05, 3.63) is 41.2 Å². The lowest BCUT2D eigenvalue weighted by Gasteiger charge is -2.33. The van der Waals surface area contributed by atoms with Gasteiger partial charge in [-0.2, -0.15) is 0 Å². The summed E-state index contributed by atoms with van der Waals surface area (Å²) in [5.74, 6) is -0.138. The van der Waals surface area contributed by atoms with Gasteiger partial charge in [-0.05, 0) is 31.0 Å². The Morgan fingerprint density at radius 2 is 2.45 bits per heavy atom. The topological polar surface area (TPSA) is 84.1 Å². The van der Waals surface area contributed by atoms with Gasteiger partial charge in [0.25, 0.3) is 5.91 Å². The van der Waals surface area contributed by atoms with E-state index in [2.05, 4.69) is 26.3 Å². The molecule has 3 heterocycles. The molecule has 1 saturated heterocycles. The molecule has 1 atom stereocenters. The Kier molecular flexibility index (Phi) is 4.65. The monoisotopic (exact) mass is 317 g/mol. The first-order chi connectivity index (χ1) is 10.7. The number of piperidine rings is 1. The van der Waals surface area contributed by atoms with Gasteiger partial charge < -0.3 is 11.1 Å². The number of likely N-dealkylation sites (tertiary alicyclic amines) is 1. The molecule has 22 heavy (non-hydrogen) atoms. The molecule has 1 aliphatic rings. The van der Waals surface area contributed by atoms with Crippen LogP contribution in [0.2, 0.25) is 0 Å². The quantitative estimate of drug-likeness (QED) is 0.893. The molecule has 0 saturated carbocycles. The third-order valence-corrected chi connectivity index (χ3v) is 4.40. The van der Waals surface area contributed by atoms with Crippen LogP contribution in [0.5, 0.6) is 0 Å². The van der Waals surface area contributed by atoms with Crippen LogP contribution in [0.4, 0.5) is 5.13 Å². The lowest BCUT2D eigenvalue weighted by Crippen LogP contribution is -2.47. The molecule has 2 aromatic heterocycles. The van der Waals surface area contributed by atoms with E-state index in [0.717, 1.165) is 32.5 Å². The fraction of sp³-hybridized carbons (Fsp3) is 0.400. The SMILES string of the molecule is Nc1nc(C(=O)NC2CCCN(Cc3cccnc3)C2)cs1. The summed E-state index contributed by atoms with van der Waals surface area (Å²) < 4.78 is 0. The first kappa shape index (κ1) is 14.9. The van der Waals surface area contributed by atoms with E-state index in [1.165, 1.54) is 16.9 Å². The maximum Gasteiger partial charge on any atom is 0.271 e. The molecule has 0 spiro atoms. The number of pyridine rings is 1. The number of thiazole rings is 1. The number of carbonyl (C=O) groups excluding carboxylic acids is 1. The number of nitrogens with zero attached hydrogens (tertiary/aromatic N) is 3. The Hall–Kier alpha value is -1.99. The average Bonchev–Trinajstić information content (AvgIpc) is 2.95. The number of anilines is 1. The molecule has 2 aromatic rings. The van der Waals surface area contributed by atoms with E-state index in [0.29, 0.717) is 10.8 Å². The van der Waals surface area contributed by atoms with Crippen LogP contribution in [0.1, 0.15) is 28.9 Å². The van der Waals surface area contributed by atoms with Gasteiger partial charge in [0.15, 0.2) is 5.13 Å². The van der Waals surface area contributed by atoms with E-state index in [-0.39, 0.29) is 11.9 Å². The second kappa shape index (κ2) is 6.85. The maximum absolute atomic E-state index is 12.1. The van der Waals surface area contributed by atoms with Crippen LogP contribution in [0.25, 0.3) is 0 Å². The van der Waals surface area contributed by atoms with Crippen molar-refractivity contribution in [3.8, 4) is 0 Å². The summed E-state index contributed by atoms with van der Waals surface area (Å²) in [5.41, 5.74) is 7.18. The lowest BCUT2D eigenvalue weighted by atomic mass is 10.0. The maximum atomic E-state index is 12.1. The Morgan fingerprint density at radius 3 is 3.18 bits per heavy atom. The third kappa shape index (κ3) is 3.80. The second-order valence-corrected chi connectivity index (χ2v) is 6.37. The summed E-state index contributed by atoms with van der Waals surface area (Å²) in [4.78, 5) is 22.7. The van der Waals surface area contributed by atoms with Gasteiger partial charge in [0.05, 0.1) is 0 Å². The highest BCUT2D eigenvalue weighted by molar-refractivity contribution is 7.13. The Labute approximate surface area is 133 Å². The molecule has 0 bridgehead atoms. The predicted octanol–water partition coefficient (Wildman–Crippen LogP) is 1.51. The van der Waals surface area contributed by atoms with Crippen molar-refractivity contribution in [2.45, 2.75) is 25.4 Å². The summed E-state index contributed by atoms with van der Waals surface area (Å²) >= 11 is 1.29. The summed E-state index contributed by atoms with van der Waals surface area (Å²) in [6.45, 7) is 2.76. The highest BCUT2D eigenvalue weighted by Gasteiger charge is 2.22. The highest BCUT2D eigenvalue weighted by atomic mass is 32.1. The van der Waals surface area contributed by atoms with E-state index in [1.54, 1.807) is 11.6 Å². The zero-order valence-corrected chi connectivity index (χ0v) is 13.1. The molecule has 1 amide bonds. The van der Waals surface area contributed by atoms with Crippen molar-refractivity contribution in [2.24, 2.45) is 0 Å². The molecule has 1 unspecified atom stereocenters. The van der Waals surface area contributed by atoms with E-state index < -0.39 is 0 Å². The summed E-state index contributed by atoms with van der Waals surface area (Å²) in [5, 5.41) is 5.18. The number of nitrogen functional groups attached to an aromatic ring is 1. The summed E-state index contributed by atoms with van der Waals surface area (Å²) in [6, 6.07) is 4.18. The van der Waals surface area contributed by atoms with Gasteiger partial charge in [-0.3, -0.25) is 14.7 Å². The molecule has 6 nitrogen and oxygen atoms in total. The Balaban J connectivity index is 1.55. The molecular formula is C15H19N5OS. The number of nitrogens with two attached hydrogens (primary N) is 1. The highest BCUT2D eigenvalue weighted by Crippen LogP contribution is 2.15. The molecule has 3 N–H and O–H groups in total. The largest absolute Gasteiger partial charge is 0.375 e. The number of nitrogens with one attached hydrogen (secondary N) is 1. The van der Waals surface area contributed by atoms with Crippen molar-refractivity contribution in [2.75, 3.05) is 18.8 Å². The van der Waals surface area contributed by atoms with Crippen LogP contribution >= 0.6 is 11.3 Å². The molecule has 1 fully saturated rings. The van der Waals surface area contributed by atoms with Crippen molar-refractivity contribution < 1.29 is 4.79 Å². The Bertz CT molecular complexity index is 630. The molecule has 7 heteroatoms. The minimum absolute atomic E-state index is 0.138. The zero-order chi connectivity index (χ0) is 15.4. The van der Waals surface area contributed by atoms with E-state index in [4.69, 9.17) is 5.73 Å². The standard InChI is InChI=1S/C15H19N5OS/c16-15-19-13(10-22-15)14(21)18-12-4-2-6-20(9-12)8-11-3-1-5-17-7-11/h1,3,5,7,10,12H,2,4,6,8-9H2,(H2,16,19)(H,18,21). The number of amides is 1. The number of rotatable bonds is 4. The average molecular weight is 317 g/mol. The first-order valence-corrected chi connectivity index (χ1v) is 8.22. The first-order valence-electron chi connectivity index (χ1n) is 7.34.